The van der Waals surface area contributed by atoms with Crippen LogP contribution in [0.3, 0.4) is 0 Å². The van der Waals surface area contributed by atoms with E-state index in [9.17, 15) is 0 Å². The zero-order valence-electron chi connectivity index (χ0n) is 11.2. The normalized spacial score (nSPS) is 11.9. The van der Waals surface area contributed by atoms with Crippen LogP contribution in [0.5, 0.6) is 11.5 Å². The highest BCUT2D eigenvalue weighted by atomic mass is 16.5. The molecule has 0 aliphatic heterocycles. The first-order valence-corrected chi connectivity index (χ1v) is 6.00. The van der Waals surface area contributed by atoms with Crippen LogP contribution in [0.4, 0.5) is 0 Å². The van der Waals surface area contributed by atoms with Gasteiger partial charge in [-0.1, -0.05) is 0 Å². The summed E-state index contributed by atoms with van der Waals surface area (Å²) >= 11 is 0. The number of hydrogen-bond acceptors (Lipinski definition) is 4. The Morgan fingerprint density at radius 3 is 2.44 bits per heavy atom. The molecule has 0 heterocycles. The van der Waals surface area contributed by atoms with E-state index in [1.54, 1.807) is 7.11 Å². The molecule has 1 aromatic rings. The Labute approximate surface area is 109 Å². The van der Waals surface area contributed by atoms with E-state index in [0.717, 1.165) is 24.6 Å². The third-order valence-electron chi connectivity index (χ3n) is 2.61. The molecule has 0 saturated carbocycles. The van der Waals surface area contributed by atoms with Crippen LogP contribution >= 0.6 is 0 Å². The summed E-state index contributed by atoms with van der Waals surface area (Å²) in [6.07, 6.45) is 0. The fourth-order valence-corrected chi connectivity index (χ4v) is 1.59. The van der Waals surface area contributed by atoms with Gasteiger partial charge in [0.25, 0.3) is 0 Å². The Morgan fingerprint density at radius 2 is 1.89 bits per heavy atom. The van der Waals surface area contributed by atoms with E-state index in [1.165, 1.54) is 0 Å². The number of hydrogen-bond donors (Lipinski definition) is 0. The predicted molar refractivity (Wildman–Crippen MR) is 70.8 cm³/mol. The van der Waals surface area contributed by atoms with E-state index in [-0.39, 0.29) is 5.92 Å². The summed E-state index contributed by atoms with van der Waals surface area (Å²) in [5, 5.41) is 8.72. The van der Waals surface area contributed by atoms with Crippen molar-refractivity contribution in [2.24, 2.45) is 5.92 Å². The van der Waals surface area contributed by atoms with Crippen LogP contribution in [0.2, 0.25) is 0 Å². The fourth-order valence-electron chi connectivity index (χ4n) is 1.59. The summed E-state index contributed by atoms with van der Waals surface area (Å²) in [5.41, 5.74) is 0. The summed E-state index contributed by atoms with van der Waals surface area (Å²) in [7, 11) is 3.63. The van der Waals surface area contributed by atoms with Gasteiger partial charge in [0, 0.05) is 13.1 Å². The topological polar surface area (TPSA) is 45.5 Å². The molecule has 0 saturated heterocycles. The van der Waals surface area contributed by atoms with E-state index in [0.29, 0.717) is 6.61 Å². The minimum absolute atomic E-state index is 0.0518. The maximum absolute atomic E-state index is 8.72. The number of benzene rings is 1. The quantitative estimate of drug-likeness (QED) is 0.742. The highest BCUT2D eigenvalue weighted by Gasteiger charge is 2.04. The van der Waals surface area contributed by atoms with E-state index >= 15 is 0 Å². The molecule has 4 nitrogen and oxygen atoms in total. The molecule has 4 heteroatoms. The molecule has 1 aromatic carbocycles. The Balaban J connectivity index is 2.26. The van der Waals surface area contributed by atoms with Crippen molar-refractivity contribution >= 4 is 0 Å². The first-order chi connectivity index (χ1) is 8.65. The van der Waals surface area contributed by atoms with E-state index in [1.807, 2.05) is 38.2 Å². The monoisotopic (exact) mass is 248 g/mol. The lowest BCUT2D eigenvalue weighted by Crippen LogP contribution is -2.28. The lowest BCUT2D eigenvalue weighted by Gasteiger charge is -2.17. The Hall–Kier alpha value is -1.73. The average Bonchev–Trinajstić information content (AvgIpc) is 2.39. The number of likely N-dealkylation sites (N-methyl/N-ethyl adjacent to an activating group) is 1. The average molecular weight is 248 g/mol. The molecular weight excluding hydrogens is 228 g/mol. The molecular formula is C14H20N2O2. The molecule has 0 bridgehead atoms. The molecule has 0 spiro atoms. The second-order valence-corrected chi connectivity index (χ2v) is 4.32. The zero-order chi connectivity index (χ0) is 13.4. The van der Waals surface area contributed by atoms with Crippen molar-refractivity contribution < 1.29 is 9.47 Å². The molecule has 1 atom stereocenters. The van der Waals surface area contributed by atoms with Crippen molar-refractivity contribution in [1.29, 1.82) is 5.26 Å². The Kier molecular flexibility index (Phi) is 6.03. The van der Waals surface area contributed by atoms with Gasteiger partial charge >= 0.3 is 0 Å². The van der Waals surface area contributed by atoms with Crippen LogP contribution in [-0.4, -0.2) is 38.8 Å². The molecule has 0 aliphatic carbocycles. The molecule has 0 N–H and O–H groups in total. The molecule has 98 valence electrons. The van der Waals surface area contributed by atoms with Crippen LogP contribution in [0, 0.1) is 17.2 Å². The first-order valence-electron chi connectivity index (χ1n) is 6.00. The fraction of sp³-hybridized carbons (Fsp3) is 0.500. The molecule has 0 aromatic heterocycles. The predicted octanol–water partition coefficient (Wildman–Crippen LogP) is 2.17. The highest BCUT2D eigenvalue weighted by Crippen LogP contribution is 2.16. The summed E-state index contributed by atoms with van der Waals surface area (Å²) in [6.45, 7) is 4.10. The SMILES string of the molecule is COc1ccc(OCCN(C)CC(C)C#N)cc1. The van der Waals surface area contributed by atoms with Crippen LogP contribution in [0.15, 0.2) is 24.3 Å². The number of ether oxygens (including phenoxy) is 2. The van der Waals surface area contributed by atoms with Gasteiger partial charge in [-0.3, -0.25) is 0 Å². The van der Waals surface area contributed by atoms with Gasteiger partial charge in [-0.05, 0) is 38.2 Å². The molecule has 0 fully saturated rings. The highest BCUT2D eigenvalue weighted by molar-refractivity contribution is 5.31. The Bertz CT molecular complexity index is 384. The standard InChI is InChI=1S/C14H20N2O2/c1-12(10-15)11-16(2)8-9-18-14-6-4-13(17-3)5-7-14/h4-7,12H,8-9,11H2,1-3H3. The molecule has 0 radical (unpaired) electrons. The maximum Gasteiger partial charge on any atom is 0.119 e. The third-order valence-corrected chi connectivity index (χ3v) is 2.61. The molecule has 1 unspecified atom stereocenters. The van der Waals surface area contributed by atoms with Crippen molar-refractivity contribution in [1.82, 2.24) is 4.90 Å². The van der Waals surface area contributed by atoms with E-state index in [2.05, 4.69) is 11.0 Å². The Morgan fingerprint density at radius 1 is 1.28 bits per heavy atom. The van der Waals surface area contributed by atoms with Gasteiger partial charge in [-0.25, -0.2) is 0 Å². The van der Waals surface area contributed by atoms with Crippen molar-refractivity contribution in [2.45, 2.75) is 6.92 Å². The second-order valence-electron chi connectivity index (χ2n) is 4.32. The van der Waals surface area contributed by atoms with Crippen LogP contribution in [0.1, 0.15) is 6.92 Å². The molecule has 18 heavy (non-hydrogen) atoms. The minimum Gasteiger partial charge on any atom is -0.497 e. The van der Waals surface area contributed by atoms with Crippen molar-refractivity contribution in [2.75, 3.05) is 33.9 Å². The number of nitrogens with zero attached hydrogens (tertiary/aromatic N) is 2. The van der Waals surface area contributed by atoms with Crippen LogP contribution in [0.25, 0.3) is 0 Å². The van der Waals surface area contributed by atoms with Gasteiger partial charge in [0.2, 0.25) is 0 Å². The van der Waals surface area contributed by atoms with Gasteiger partial charge in [0.05, 0.1) is 19.1 Å². The third kappa shape index (κ3) is 5.07. The van der Waals surface area contributed by atoms with Gasteiger partial charge in [0.1, 0.15) is 18.1 Å². The molecule has 0 aliphatic rings. The van der Waals surface area contributed by atoms with Gasteiger partial charge in [0.15, 0.2) is 0 Å². The summed E-state index contributed by atoms with van der Waals surface area (Å²) < 4.78 is 10.7. The van der Waals surface area contributed by atoms with E-state index < -0.39 is 0 Å². The summed E-state index contributed by atoms with van der Waals surface area (Å²) in [5.74, 6) is 1.70. The lowest BCUT2D eigenvalue weighted by atomic mass is 10.2. The summed E-state index contributed by atoms with van der Waals surface area (Å²) in [6, 6.07) is 9.74. The van der Waals surface area contributed by atoms with Crippen molar-refractivity contribution in [3.05, 3.63) is 24.3 Å². The van der Waals surface area contributed by atoms with Gasteiger partial charge < -0.3 is 14.4 Å². The maximum atomic E-state index is 8.72. The molecule has 0 amide bonds. The smallest absolute Gasteiger partial charge is 0.119 e. The van der Waals surface area contributed by atoms with Gasteiger partial charge in [-0.15, -0.1) is 0 Å². The molecule has 1 rings (SSSR count). The largest absolute Gasteiger partial charge is 0.497 e. The summed E-state index contributed by atoms with van der Waals surface area (Å²) in [4.78, 5) is 2.09. The minimum atomic E-state index is 0.0518. The second kappa shape index (κ2) is 7.57. The van der Waals surface area contributed by atoms with Gasteiger partial charge in [-0.2, -0.15) is 5.26 Å². The van der Waals surface area contributed by atoms with Crippen LogP contribution in [-0.2, 0) is 0 Å². The number of rotatable bonds is 7. The number of nitriles is 1. The lowest BCUT2D eigenvalue weighted by molar-refractivity contribution is 0.228. The number of methoxy groups -OCH3 is 1. The van der Waals surface area contributed by atoms with Crippen molar-refractivity contribution in [3.8, 4) is 17.6 Å². The zero-order valence-corrected chi connectivity index (χ0v) is 11.2. The van der Waals surface area contributed by atoms with E-state index in [4.69, 9.17) is 14.7 Å². The van der Waals surface area contributed by atoms with Crippen LogP contribution < -0.4 is 9.47 Å². The van der Waals surface area contributed by atoms with Crippen molar-refractivity contribution in [3.63, 3.8) is 0 Å². The first kappa shape index (κ1) is 14.3.